The van der Waals surface area contributed by atoms with Gasteiger partial charge in [0.25, 0.3) is 0 Å². The van der Waals surface area contributed by atoms with Crippen LogP contribution >= 0.6 is 0 Å². The molecule has 0 saturated heterocycles. The van der Waals surface area contributed by atoms with Crippen molar-refractivity contribution in [3.63, 3.8) is 0 Å². The molecule has 0 fully saturated rings. The van der Waals surface area contributed by atoms with Crippen LogP contribution in [0.25, 0.3) is 16.9 Å². The van der Waals surface area contributed by atoms with Crippen LogP contribution in [0.4, 0.5) is 5.82 Å². The van der Waals surface area contributed by atoms with Crippen LogP contribution < -0.4 is 5.32 Å². The molecule has 0 radical (unpaired) electrons. The second-order valence-corrected chi connectivity index (χ2v) is 5.93. The van der Waals surface area contributed by atoms with Crippen LogP contribution in [-0.2, 0) is 6.42 Å². The van der Waals surface area contributed by atoms with Gasteiger partial charge < -0.3 is 9.84 Å². The van der Waals surface area contributed by atoms with E-state index in [1.54, 1.807) is 10.7 Å². The molecule has 4 aromatic rings. The summed E-state index contributed by atoms with van der Waals surface area (Å²) in [5.41, 5.74) is 3.71. The highest BCUT2D eigenvalue weighted by Crippen LogP contribution is 2.25. The minimum absolute atomic E-state index is 0.0359. The van der Waals surface area contributed by atoms with Crippen molar-refractivity contribution in [2.24, 2.45) is 0 Å². The van der Waals surface area contributed by atoms with E-state index in [0.717, 1.165) is 40.6 Å². The van der Waals surface area contributed by atoms with Gasteiger partial charge >= 0.3 is 0 Å². The average molecular weight is 333 g/mol. The molecular weight excluding hydrogens is 314 g/mol. The number of rotatable bonds is 5. The quantitative estimate of drug-likeness (QED) is 0.595. The topological polar surface area (TPSA) is 68.2 Å². The van der Waals surface area contributed by atoms with Gasteiger partial charge in [-0.05, 0) is 13.3 Å². The maximum absolute atomic E-state index is 5.44. The molecule has 1 atom stereocenters. The highest BCUT2D eigenvalue weighted by molar-refractivity contribution is 5.66. The molecule has 1 N–H and O–H groups in total. The number of hydrogen-bond acceptors (Lipinski definition) is 5. The highest BCUT2D eigenvalue weighted by Gasteiger charge is 2.15. The Kier molecular flexibility index (Phi) is 3.93. The van der Waals surface area contributed by atoms with Crippen molar-refractivity contribution in [2.75, 3.05) is 5.32 Å². The third kappa shape index (κ3) is 2.98. The van der Waals surface area contributed by atoms with E-state index in [1.165, 1.54) is 0 Å². The van der Waals surface area contributed by atoms with Crippen molar-refractivity contribution >= 4 is 11.5 Å². The van der Waals surface area contributed by atoms with Crippen molar-refractivity contribution < 1.29 is 4.52 Å². The van der Waals surface area contributed by atoms with Crippen LogP contribution in [0.15, 0.2) is 59.3 Å². The van der Waals surface area contributed by atoms with E-state index in [4.69, 9.17) is 4.52 Å². The lowest BCUT2D eigenvalue weighted by Crippen LogP contribution is -2.10. The maximum atomic E-state index is 5.44. The Hall–Kier alpha value is -3.15. The molecular formula is C19H19N5O. The summed E-state index contributed by atoms with van der Waals surface area (Å²) >= 11 is 0. The number of benzene rings is 1. The molecule has 0 amide bonds. The van der Waals surface area contributed by atoms with E-state index < -0.39 is 0 Å². The molecule has 3 aromatic heterocycles. The van der Waals surface area contributed by atoms with Crippen LogP contribution in [-0.4, -0.2) is 19.8 Å². The molecule has 0 bridgehead atoms. The number of anilines is 1. The monoisotopic (exact) mass is 333 g/mol. The summed E-state index contributed by atoms with van der Waals surface area (Å²) in [7, 11) is 0. The molecule has 1 aromatic carbocycles. The van der Waals surface area contributed by atoms with E-state index in [1.807, 2.05) is 55.5 Å². The molecule has 6 heteroatoms. The molecule has 0 aliphatic rings. The average Bonchev–Trinajstić information content (AvgIpc) is 3.31. The zero-order chi connectivity index (χ0) is 17.2. The molecule has 3 heterocycles. The summed E-state index contributed by atoms with van der Waals surface area (Å²) in [6.07, 6.45) is 2.60. The number of aromatic nitrogens is 4. The SMILES string of the molecule is CCc1cc([C@H](C)Nc2cc(-c3ccccc3)nc3ccnn23)on1. The Labute approximate surface area is 145 Å². The van der Waals surface area contributed by atoms with Crippen molar-refractivity contribution in [1.29, 1.82) is 0 Å². The predicted octanol–water partition coefficient (Wildman–Crippen LogP) is 4.12. The summed E-state index contributed by atoms with van der Waals surface area (Å²) in [5.74, 6) is 1.66. The van der Waals surface area contributed by atoms with Gasteiger partial charge in [-0.3, -0.25) is 0 Å². The van der Waals surface area contributed by atoms with Crippen LogP contribution in [0.1, 0.15) is 31.3 Å². The van der Waals surface area contributed by atoms with Gasteiger partial charge in [-0.2, -0.15) is 9.61 Å². The summed E-state index contributed by atoms with van der Waals surface area (Å²) in [6, 6.07) is 16.0. The Bertz CT molecular complexity index is 989. The normalized spacial score (nSPS) is 12.4. The molecule has 6 nitrogen and oxygen atoms in total. The van der Waals surface area contributed by atoms with Gasteiger partial charge in [0.05, 0.1) is 23.6 Å². The van der Waals surface area contributed by atoms with E-state index in [0.29, 0.717) is 0 Å². The largest absolute Gasteiger partial charge is 0.360 e. The highest BCUT2D eigenvalue weighted by atomic mass is 16.5. The predicted molar refractivity (Wildman–Crippen MR) is 96.3 cm³/mol. The third-order valence-corrected chi connectivity index (χ3v) is 4.16. The van der Waals surface area contributed by atoms with Crippen LogP contribution in [0.5, 0.6) is 0 Å². The Morgan fingerprint density at radius 2 is 2.00 bits per heavy atom. The molecule has 0 aliphatic carbocycles. The summed E-state index contributed by atoms with van der Waals surface area (Å²) in [4.78, 5) is 4.69. The van der Waals surface area contributed by atoms with Crippen molar-refractivity contribution in [1.82, 2.24) is 19.8 Å². The Morgan fingerprint density at radius 3 is 2.76 bits per heavy atom. The molecule has 0 spiro atoms. The fraction of sp³-hybridized carbons (Fsp3) is 0.211. The van der Waals surface area contributed by atoms with Crippen LogP contribution in [0.3, 0.4) is 0 Å². The number of nitrogens with one attached hydrogen (secondary N) is 1. The molecule has 25 heavy (non-hydrogen) atoms. The second-order valence-electron chi connectivity index (χ2n) is 5.93. The first-order valence-electron chi connectivity index (χ1n) is 8.37. The first-order chi connectivity index (χ1) is 12.2. The van der Waals surface area contributed by atoms with Gasteiger partial charge in [0.2, 0.25) is 0 Å². The number of hydrogen-bond donors (Lipinski definition) is 1. The van der Waals surface area contributed by atoms with Gasteiger partial charge in [-0.15, -0.1) is 0 Å². The molecule has 0 saturated carbocycles. The first kappa shape index (κ1) is 15.4. The minimum atomic E-state index is -0.0359. The van der Waals surface area contributed by atoms with Gasteiger partial charge in [0.1, 0.15) is 5.82 Å². The lowest BCUT2D eigenvalue weighted by Gasteiger charge is -2.14. The second kappa shape index (κ2) is 6.39. The summed E-state index contributed by atoms with van der Waals surface area (Å²) in [6.45, 7) is 4.10. The molecule has 0 unspecified atom stereocenters. The van der Waals surface area contributed by atoms with Gasteiger partial charge in [0.15, 0.2) is 11.4 Å². The van der Waals surface area contributed by atoms with Crippen molar-refractivity contribution in [3.8, 4) is 11.3 Å². The fourth-order valence-electron chi connectivity index (χ4n) is 2.76. The molecule has 126 valence electrons. The lowest BCUT2D eigenvalue weighted by atomic mass is 10.1. The third-order valence-electron chi connectivity index (χ3n) is 4.16. The minimum Gasteiger partial charge on any atom is -0.360 e. The van der Waals surface area contributed by atoms with Crippen molar-refractivity contribution in [2.45, 2.75) is 26.3 Å². The standard InChI is InChI=1S/C19H19N5O/c1-3-15-11-17(25-23-15)13(2)21-19-12-16(14-7-5-4-6-8-14)22-18-9-10-20-24(18)19/h4-13,21H,3H2,1-2H3/t13-/m0/s1. The number of fused-ring (bicyclic) bond motifs is 1. The summed E-state index contributed by atoms with van der Waals surface area (Å²) < 4.78 is 7.23. The van der Waals surface area contributed by atoms with Gasteiger partial charge in [-0.25, -0.2) is 4.98 Å². The lowest BCUT2D eigenvalue weighted by molar-refractivity contribution is 0.368. The van der Waals surface area contributed by atoms with Gasteiger partial charge in [0, 0.05) is 23.8 Å². The van der Waals surface area contributed by atoms with E-state index in [9.17, 15) is 0 Å². The smallest absolute Gasteiger partial charge is 0.158 e. The van der Waals surface area contributed by atoms with E-state index in [-0.39, 0.29) is 6.04 Å². The molecule has 0 aliphatic heterocycles. The van der Waals surface area contributed by atoms with E-state index in [2.05, 4.69) is 27.5 Å². The number of aryl methyl sites for hydroxylation is 1. The molecule has 4 rings (SSSR count). The van der Waals surface area contributed by atoms with E-state index >= 15 is 0 Å². The zero-order valence-corrected chi connectivity index (χ0v) is 14.2. The van der Waals surface area contributed by atoms with Gasteiger partial charge in [-0.1, -0.05) is 42.4 Å². The van der Waals surface area contributed by atoms with Crippen molar-refractivity contribution in [3.05, 3.63) is 66.2 Å². The summed E-state index contributed by atoms with van der Waals surface area (Å²) in [5, 5.41) is 11.9. The van der Waals surface area contributed by atoms with Crippen LogP contribution in [0, 0.1) is 0 Å². The first-order valence-corrected chi connectivity index (χ1v) is 8.37. The zero-order valence-electron chi connectivity index (χ0n) is 14.2. The Morgan fingerprint density at radius 1 is 1.16 bits per heavy atom. The van der Waals surface area contributed by atoms with Crippen LogP contribution in [0.2, 0.25) is 0 Å². The number of nitrogens with zero attached hydrogens (tertiary/aromatic N) is 4. The Balaban J connectivity index is 1.71. The fourth-order valence-corrected chi connectivity index (χ4v) is 2.76. The maximum Gasteiger partial charge on any atom is 0.158 e.